The number of H-pyrrole nitrogens is 1. The van der Waals surface area contributed by atoms with Gasteiger partial charge in [-0.05, 0) is 11.6 Å². The second kappa shape index (κ2) is 6.09. The van der Waals surface area contributed by atoms with E-state index in [0.29, 0.717) is 35.4 Å². The van der Waals surface area contributed by atoms with Gasteiger partial charge in [0, 0.05) is 29.2 Å². The highest BCUT2D eigenvalue weighted by Gasteiger charge is 2.17. The summed E-state index contributed by atoms with van der Waals surface area (Å²) in [6, 6.07) is 11.2. The summed E-state index contributed by atoms with van der Waals surface area (Å²) in [6.07, 6.45) is 2.12. The van der Waals surface area contributed by atoms with Crippen LogP contribution >= 0.6 is 11.6 Å². The first-order valence-corrected chi connectivity index (χ1v) is 8.02. The Morgan fingerprint density at radius 1 is 1.17 bits per heavy atom. The normalized spacial score (nSPS) is 13.0. The highest BCUT2D eigenvalue weighted by molar-refractivity contribution is 6.34. The van der Waals surface area contributed by atoms with Crippen molar-refractivity contribution >= 4 is 34.1 Å². The van der Waals surface area contributed by atoms with Crippen LogP contribution in [0.2, 0.25) is 5.02 Å². The summed E-state index contributed by atoms with van der Waals surface area (Å²) in [5.74, 6) is 1.05. The minimum absolute atomic E-state index is 0.140. The molecule has 1 aliphatic rings. The van der Waals surface area contributed by atoms with Crippen molar-refractivity contribution < 1.29 is 14.3 Å². The third kappa shape index (κ3) is 2.78. The smallest absolute Gasteiger partial charge is 0.228 e. The Labute approximate surface area is 143 Å². The largest absolute Gasteiger partial charge is 0.486 e. The number of carbonyl (C=O) groups is 1. The van der Waals surface area contributed by atoms with E-state index in [1.54, 1.807) is 12.1 Å². The van der Waals surface area contributed by atoms with Gasteiger partial charge in [-0.15, -0.1) is 0 Å². The first-order chi connectivity index (χ1) is 11.7. The molecule has 0 bridgehead atoms. The Bertz CT molecular complexity index is 920. The number of aromatic nitrogens is 1. The minimum atomic E-state index is -0.140. The van der Waals surface area contributed by atoms with E-state index in [-0.39, 0.29) is 12.3 Å². The van der Waals surface area contributed by atoms with Crippen LogP contribution < -0.4 is 14.8 Å². The SMILES string of the molecule is O=C(Cc1c[nH]c2ccccc12)Nc1cc2c(cc1Cl)OCCO2. The molecule has 122 valence electrons. The molecule has 2 aromatic carbocycles. The van der Waals surface area contributed by atoms with Crippen LogP contribution in [0.3, 0.4) is 0 Å². The van der Waals surface area contributed by atoms with Crippen LogP contribution in [0, 0.1) is 0 Å². The van der Waals surface area contributed by atoms with Crippen LogP contribution in [0.15, 0.2) is 42.6 Å². The molecule has 0 spiro atoms. The fraction of sp³-hybridized carbons (Fsp3) is 0.167. The van der Waals surface area contributed by atoms with Crippen molar-refractivity contribution in [3.05, 3.63) is 53.2 Å². The number of aromatic amines is 1. The Morgan fingerprint density at radius 3 is 2.75 bits per heavy atom. The Kier molecular flexibility index (Phi) is 3.78. The van der Waals surface area contributed by atoms with Crippen molar-refractivity contribution in [1.29, 1.82) is 0 Å². The summed E-state index contributed by atoms with van der Waals surface area (Å²) in [7, 11) is 0. The lowest BCUT2D eigenvalue weighted by Crippen LogP contribution is -2.17. The number of halogens is 1. The Balaban J connectivity index is 1.54. The molecule has 4 rings (SSSR count). The maximum absolute atomic E-state index is 12.4. The number of ether oxygens (including phenoxy) is 2. The highest BCUT2D eigenvalue weighted by Crippen LogP contribution is 2.38. The van der Waals surface area contributed by atoms with Gasteiger partial charge in [0.2, 0.25) is 5.91 Å². The first kappa shape index (κ1) is 14.9. The number of amides is 1. The molecule has 24 heavy (non-hydrogen) atoms. The number of carbonyl (C=O) groups excluding carboxylic acids is 1. The second-order valence-corrected chi connectivity index (χ2v) is 5.97. The predicted octanol–water partition coefficient (Wildman–Crippen LogP) is 3.77. The van der Waals surface area contributed by atoms with E-state index in [4.69, 9.17) is 21.1 Å². The van der Waals surface area contributed by atoms with E-state index in [1.165, 1.54) is 0 Å². The molecular weight excluding hydrogens is 328 g/mol. The van der Waals surface area contributed by atoms with E-state index in [1.807, 2.05) is 30.5 Å². The summed E-state index contributed by atoms with van der Waals surface area (Å²) in [6.45, 7) is 0.979. The lowest BCUT2D eigenvalue weighted by Gasteiger charge is -2.20. The van der Waals surface area contributed by atoms with Crippen molar-refractivity contribution in [3.63, 3.8) is 0 Å². The molecule has 1 amide bonds. The Hall–Kier alpha value is -2.66. The maximum Gasteiger partial charge on any atom is 0.228 e. The van der Waals surface area contributed by atoms with E-state index >= 15 is 0 Å². The van der Waals surface area contributed by atoms with Gasteiger partial charge in [0.25, 0.3) is 0 Å². The lowest BCUT2D eigenvalue weighted by atomic mass is 10.1. The number of fused-ring (bicyclic) bond motifs is 2. The van der Waals surface area contributed by atoms with Crippen molar-refractivity contribution in [2.75, 3.05) is 18.5 Å². The molecule has 0 saturated carbocycles. The number of para-hydroxylation sites is 1. The number of rotatable bonds is 3. The fourth-order valence-electron chi connectivity index (χ4n) is 2.81. The molecule has 1 aliphatic heterocycles. The van der Waals surface area contributed by atoms with Crippen LogP contribution in [0.5, 0.6) is 11.5 Å². The number of hydrogen-bond acceptors (Lipinski definition) is 3. The summed E-state index contributed by atoms with van der Waals surface area (Å²) >= 11 is 6.23. The monoisotopic (exact) mass is 342 g/mol. The summed E-state index contributed by atoms with van der Waals surface area (Å²) in [4.78, 5) is 15.6. The molecule has 0 fully saturated rings. The van der Waals surface area contributed by atoms with Gasteiger partial charge in [0.1, 0.15) is 13.2 Å². The van der Waals surface area contributed by atoms with Gasteiger partial charge in [0.05, 0.1) is 17.1 Å². The summed E-state index contributed by atoms with van der Waals surface area (Å²) < 4.78 is 11.0. The van der Waals surface area contributed by atoms with Gasteiger partial charge in [-0.3, -0.25) is 4.79 Å². The van der Waals surface area contributed by atoms with E-state index in [9.17, 15) is 4.79 Å². The fourth-order valence-corrected chi connectivity index (χ4v) is 3.01. The molecule has 0 radical (unpaired) electrons. The number of anilines is 1. The second-order valence-electron chi connectivity index (χ2n) is 5.56. The van der Waals surface area contributed by atoms with Crippen LogP contribution in [0.4, 0.5) is 5.69 Å². The van der Waals surface area contributed by atoms with Crippen LogP contribution in [0.1, 0.15) is 5.56 Å². The van der Waals surface area contributed by atoms with Crippen molar-refractivity contribution in [3.8, 4) is 11.5 Å². The predicted molar refractivity (Wildman–Crippen MR) is 93.1 cm³/mol. The van der Waals surface area contributed by atoms with Gasteiger partial charge >= 0.3 is 0 Å². The topological polar surface area (TPSA) is 63.4 Å². The number of nitrogens with one attached hydrogen (secondary N) is 2. The Morgan fingerprint density at radius 2 is 1.92 bits per heavy atom. The molecular formula is C18H15ClN2O3. The van der Waals surface area contributed by atoms with E-state index in [0.717, 1.165) is 16.5 Å². The maximum atomic E-state index is 12.4. The average molecular weight is 343 g/mol. The van der Waals surface area contributed by atoms with Gasteiger partial charge in [-0.1, -0.05) is 29.8 Å². The minimum Gasteiger partial charge on any atom is -0.486 e. The molecule has 0 atom stereocenters. The van der Waals surface area contributed by atoms with Crippen LogP contribution in [-0.2, 0) is 11.2 Å². The highest BCUT2D eigenvalue weighted by atomic mass is 35.5. The lowest BCUT2D eigenvalue weighted by molar-refractivity contribution is -0.115. The number of hydrogen-bond donors (Lipinski definition) is 2. The van der Waals surface area contributed by atoms with E-state index in [2.05, 4.69) is 10.3 Å². The van der Waals surface area contributed by atoms with Crippen molar-refractivity contribution in [2.24, 2.45) is 0 Å². The zero-order chi connectivity index (χ0) is 16.5. The quantitative estimate of drug-likeness (QED) is 0.761. The van der Waals surface area contributed by atoms with E-state index < -0.39 is 0 Å². The van der Waals surface area contributed by atoms with Gasteiger partial charge in [0.15, 0.2) is 11.5 Å². The average Bonchev–Trinajstić information content (AvgIpc) is 2.99. The molecule has 0 unspecified atom stereocenters. The van der Waals surface area contributed by atoms with Gasteiger partial charge in [-0.25, -0.2) is 0 Å². The number of benzene rings is 2. The molecule has 2 heterocycles. The van der Waals surface area contributed by atoms with Gasteiger partial charge in [-0.2, -0.15) is 0 Å². The van der Waals surface area contributed by atoms with Crippen LogP contribution in [-0.4, -0.2) is 24.1 Å². The summed E-state index contributed by atoms with van der Waals surface area (Å²) in [5, 5.41) is 4.31. The van der Waals surface area contributed by atoms with Crippen molar-refractivity contribution in [2.45, 2.75) is 6.42 Å². The molecule has 3 aromatic rings. The molecule has 5 nitrogen and oxygen atoms in total. The molecule has 2 N–H and O–H groups in total. The standard InChI is InChI=1S/C18H15ClN2O3/c19-13-8-16-17(24-6-5-23-16)9-15(13)21-18(22)7-11-10-20-14-4-2-1-3-12(11)14/h1-4,8-10,20H,5-7H2,(H,21,22). The first-order valence-electron chi connectivity index (χ1n) is 7.65. The third-order valence-electron chi connectivity index (χ3n) is 3.93. The molecule has 0 saturated heterocycles. The van der Waals surface area contributed by atoms with Gasteiger partial charge < -0.3 is 19.8 Å². The summed E-state index contributed by atoms with van der Waals surface area (Å²) in [5.41, 5.74) is 2.47. The molecule has 6 heteroatoms. The third-order valence-corrected chi connectivity index (χ3v) is 4.24. The van der Waals surface area contributed by atoms with Crippen LogP contribution in [0.25, 0.3) is 10.9 Å². The molecule has 0 aliphatic carbocycles. The van der Waals surface area contributed by atoms with Crippen molar-refractivity contribution in [1.82, 2.24) is 4.98 Å². The zero-order valence-electron chi connectivity index (χ0n) is 12.8. The molecule has 1 aromatic heterocycles. The zero-order valence-corrected chi connectivity index (χ0v) is 13.5.